The molecule has 2 fully saturated rings. The van der Waals surface area contributed by atoms with Gasteiger partial charge in [-0.05, 0) is 32.2 Å². The van der Waals surface area contributed by atoms with Crippen LogP contribution in [0.25, 0.3) is 0 Å². The number of piperidine rings is 1. The number of hydrogen-bond acceptors (Lipinski definition) is 3. The van der Waals surface area contributed by atoms with Crippen LogP contribution in [0.1, 0.15) is 37.4 Å². The van der Waals surface area contributed by atoms with E-state index in [0.717, 1.165) is 12.5 Å². The molecule has 1 aliphatic heterocycles. The molecule has 3 rings (SSSR count). The van der Waals surface area contributed by atoms with Gasteiger partial charge in [0.15, 0.2) is 0 Å². The molecule has 0 amide bonds. The third kappa shape index (κ3) is 2.00. The molecule has 17 heavy (non-hydrogen) atoms. The van der Waals surface area contributed by atoms with Crippen molar-refractivity contribution in [2.75, 3.05) is 13.2 Å². The summed E-state index contributed by atoms with van der Waals surface area (Å²) in [5.74, 6) is 0.375. The van der Waals surface area contributed by atoms with E-state index in [9.17, 15) is 5.11 Å². The summed E-state index contributed by atoms with van der Waals surface area (Å²) in [5, 5.41) is 9.61. The molecule has 94 valence electrons. The van der Waals surface area contributed by atoms with Gasteiger partial charge in [-0.3, -0.25) is 4.90 Å². The van der Waals surface area contributed by atoms with E-state index in [4.69, 9.17) is 0 Å². The maximum Gasteiger partial charge on any atom is 0.0946 e. The van der Waals surface area contributed by atoms with E-state index in [0.29, 0.717) is 18.6 Å². The molecule has 0 unspecified atom stereocenters. The molecule has 2 aliphatic rings. The molecular formula is C13H21N3O. The third-order valence-corrected chi connectivity index (χ3v) is 4.20. The minimum Gasteiger partial charge on any atom is -0.396 e. The summed E-state index contributed by atoms with van der Waals surface area (Å²) in [6.07, 6.45) is 8.84. The van der Waals surface area contributed by atoms with Crippen LogP contribution in [0.2, 0.25) is 0 Å². The second kappa shape index (κ2) is 4.42. The first-order chi connectivity index (χ1) is 8.31. The van der Waals surface area contributed by atoms with Crippen LogP contribution in [0.5, 0.6) is 0 Å². The van der Waals surface area contributed by atoms with Crippen molar-refractivity contribution < 1.29 is 5.11 Å². The summed E-state index contributed by atoms with van der Waals surface area (Å²) in [6.45, 7) is 1.47. The molecule has 1 saturated carbocycles. The molecule has 2 heterocycles. The molecule has 1 aromatic heterocycles. The first kappa shape index (κ1) is 11.2. The SMILES string of the molecule is Cn1cncc1[C@H]1[C@H](CO)CCCN1C1CC1. The Bertz CT molecular complexity index is 386. The molecule has 1 saturated heterocycles. The van der Waals surface area contributed by atoms with Gasteiger partial charge in [-0.1, -0.05) is 0 Å². The zero-order valence-corrected chi connectivity index (χ0v) is 10.4. The average molecular weight is 235 g/mol. The number of aromatic nitrogens is 2. The maximum atomic E-state index is 9.61. The lowest BCUT2D eigenvalue weighted by Gasteiger charge is -2.41. The van der Waals surface area contributed by atoms with E-state index in [-0.39, 0.29) is 0 Å². The monoisotopic (exact) mass is 235 g/mol. The van der Waals surface area contributed by atoms with Crippen molar-refractivity contribution in [3.05, 3.63) is 18.2 Å². The van der Waals surface area contributed by atoms with Gasteiger partial charge in [-0.25, -0.2) is 4.98 Å². The van der Waals surface area contributed by atoms with Crippen molar-refractivity contribution in [1.29, 1.82) is 0 Å². The Labute approximate surface area is 102 Å². The molecule has 1 aliphatic carbocycles. The number of aryl methyl sites for hydroxylation is 1. The first-order valence-corrected chi connectivity index (χ1v) is 6.64. The molecule has 4 heteroatoms. The molecule has 4 nitrogen and oxygen atoms in total. The first-order valence-electron chi connectivity index (χ1n) is 6.64. The van der Waals surface area contributed by atoms with Crippen molar-refractivity contribution in [3.63, 3.8) is 0 Å². The lowest BCUT2D eigenvalue weighted by atomic mass is 9.87. The van der Waals surface area contributed by atoms with E-state index in [2.05, 4.69) is 21.5 Å². The second-order valence-electron chi connectivity index (χ2n) is 5.43. The van der Waals surface area contributed by atoms with Gasteiger partial charge in [0, 0.05) is 31.8 Å². The predicted octanol–water partition coefficient (Wildman–Crippen LogP) is 1.33. The van der Waals surface area contributed by atoms with E-state index >= 15 is 0 Å². The normalized spacial score (nSPS) is 30.7. The number of aliphatic hydroxyl groups excluding tert-OH is 1. The number of imidazole rings is 1. The summed E-state index contributed by atoms with van der Waals surface area (Å²) in [4.78, 5) is 6.83. The van der Waals surface area contributed by atoms with Crippen LogP contribution in [-0.4, -0.2) is 38.8 Å². The highest BCUT2D eigenvalue weighted by atomic mass is 16.3. The minimum atomic E-state index is 0.291. The van der Waals surface area contributed by atoms with Crippen molar-refractivity contribution in [2.24, 2.45) is 13.0 Å². The molecule has 0 spiro atoms. The molecular weight excluding hydrogens is 214 g/mol. The van der Waals surface area contributed by atoms with Crippen LogP contribution >= 0.6 is 0 Å². The lowest BCUT2D eigenvalue weighted by molar-refractivity contribution is 0.0453. The number of likely N-dealkylation sites (tertiary alicyclic amines) is 1. The highest BCUT2D eigenvalue weighted by Crippen LogP contribution is 2.42. The van der Waals surface area contributed by atoms with Crippen LogP contribution < -0.4 is 0 Å². The Hall–Kier alpha value is -0.870. The molecule has 1 aromatic rings. The summed E-state index contributed by atoms with van der Waals surface area (Å²) >= 11 is 0. The van der Waals surface area contributed by atoms with Crippen molar-refractivity contribution in [1.82, 2.24) is 14.5 Å². The Morgan fingerprint density at radius 2 is 2.24 bits per heavy atom. The summed E-state index contributed by atoms with van der Waals surface area (Å²) in [7, 11) is 2.05. The largest absolute Gasteiger partial charge is 0.396 e. The smallest absolute Gasteiger partial charge is 0.0946 e. The quantitative estimate of drug-likeness (QED) is 0.859. The molecule has 0 aromatic carbocycles. The van der Waals surface area contributed by atoms with Gasteiger partial charge in [0.05, 0.1) is 18.1 Å². The Morgan fingerprint density at radius 3 is 2.82 bits per heavy atom. The highest BCUT2D eigenvalue weighted by molar-refractivity contribution is 5.10. The van der Waals surface area contributed by atoms with Gasteiger partial charge in [0.2, 0.25) is 0 Å². The Morgan fingerprint density at radius 1 is 1.41 bits per heavy atom. The predicted molar refractivity (Wildman–Crippen MR) is 65.5 cm³/mol. The fourth-order valence-electron chi connectivity index (χ4n) is 3.17. The van der Waals surface area contributed by atoms with E-state index in [1.165, 1.54) is 31.5 Å². The number of nitrogens with zero attached hydrogens (tertiary/aromatic N) is 3. The molecule has 0 radical (unpaired) electrons. The van der Waals surface area contributed by atoms with Gasteiger partial charge in [0.1, 0.15) is 0 Å². The highest BCUT2D eigenvalue weighted by Gasteiger charge is 2.41. The number of hydrogen-bond donors (Lipinski definition) is 1. The topological polar surface area (TPSA) is 41.3 Å². The molecule has 1 N–H and O–H groups in total. The van der Waals surface area contributed by atoms with E-state index in [1.54, 1.807) is 0 Å². The molecule has 0 bridgehead atoms. The minimum absolute atomic E-state index is 0.291. The van der Waals surface area contributed by atoms with E-state index < -0.39 is 0 Å². The van der Waals surface area contributed by atoms with E-state index in [1.807, 2.05) is 12.5 Å². The summed E-state index contributed by atoms with van der Waals surface area (Å²) in [6, 6.07) is 1.12. The molecule has 2 atom stereocenters. The third-order valence-electron chi connectivity index (χ3n) is 4.20. The van der Waals surface area contributed by atoms with Gasteiger partial charge in [-0.15, -0.1) is 0 Å². The van der Waals surface area contributed by atoms with Crippen LogP contribution in [0.3, 0.4) is 0 Å². The van der Waals surface area contributed by atoms with Crippen LogP contribution in [-0.2, 0) is 7.05 Å². The van der Waals surface area contributed by atoms with Gasteiger partial charge < -0.3 is 9.67 Å². The van der Waals surface area contributed by atoms with Crippen molar-refractivity contribution in [3.8, 4) is 0 Å². The number of rotatable bonds is 3. The van der Waals surface area contributed by atoms with Crippen LogP contribution in [0.15, 0.2) is 12.5 Å². The fourth-order valence-corrected chi connectivity index (χ4v) is 3.17. The van der Waals surface area contributed by atoms with Crippen LogP contribution in [0, 0.1) is 5.92 Å². The van der Waals surface area contributed by atoms with Crippen LogP contribution in [0.4, 0.5) is 0 Å². The average Bonchev–Trinajstić information content (AvgIpc) is 3.11. The van der Waals surface area contributed by atoms with Gasteiger partial charge >= 0.3 is 0 Å². The lowest BCUT2D eigenvalue weighted by Crippen LogP contribution is -2.42. The zero-order chi connectivity index (χ0) is 11.8. The summed E-state index contributed by atoms with van der Waals surface area (Å²) in [5.41, 5.74) is 1.26. The summed E-state index contributed by atoms with van der Waals surface area (Å²) < 4.78 is 2.11. The Balaban J connectivity index is 1.91. The zero-order valence-electron chi connectivity index (χ0n) is 10.4. The Kier molecular flexibility index (Phi) is 2.92. The van der Waals surface area contributed by atoms with Crippen molar-refractivity contribution >= 4 is 0 Å². The van der Waals surface area contributed by atoms with Gasteiger partial charge in [-0.2, -0.15) is 0 Å². The fraction of sp³-hybridized carbons (Fsp3) is 0.769. The standard InChI is InChI=1S/C13H21N3O/c1-15-9-14-7-12(15)13-10(8-17)3-2-6-16(13)11-4-5-11/h7,9-11,13,17H,2-6,8H2,1H3/t10-,13+/m0/s1. The van der Waals surface area contributed by atoms with Gasteiger partial charge in [0.25, 0.3) is 0 Å². The second-order valence-corrected chi connectivity index (χ2v) is 5.43. The maximum absolute atomic E-state index is 9.61. The van der Waals surface area contributed by atoms with Crippen molar-refractivity contribution in [2.45, 2.75) is 37.8 Å². The number of aliphatic hydroxyl groups is 1.